The van der Waals surface area contributed by atoms with Gasteiger partial charge in [-0.3, -0.25) is 9.80 Å². The minimum atomic E-state index is -0.577. The van der Waals surface area contributed by atoms with Gasteiger partial charge in [-0.1, -0.05) is 67.3 Å². The van der Waals surface area contributed by atoms with Crippen molar-refractivity contribution in [1.82, 2.24) is 9.80 Å². The van der Waals surface area contributed by atoms with E-state index in [1.54, 1.807) is 39.0 Å². The van der Waals surface area contributed by atoms with Gasteiger partial charge in [-0.05, 0) is 79.4 Å². The number of ether oxygens (including phenoxy) is 7. The van der Waals surface area contributed by atoms with E-state index in [1.807, 2.05) is 19.3 Å². The van der Waals surface area contributed by atoms with E-state index in [1.165, 1.54) is 22.3 Å². The SMILES string of the molecule is C=CCOc1c(C)c2c(c3c1CC1[C@@H]4c5c(cc(C)c(OC)c5OCOC)C[C@H]([C@H](C#N)N1[C@H]3COC(=O)/C(C)=C\SCC1c3ccccc3-c3ccccc31)N4C)OCO2. The number of benzene rings is 4. The molecular weight excluding hydrogens is 791 g/mol. The molecule has 4 aromatic rings. The summed E-state index contributed by atoms with van der Waals surface area (Å²) in [6, 6.07) is 20.1. The molecule has 4 heterocycles. The molecule has 5 aliphatic rings. The van der Waals surface area contributed by atoms with Crippen molar-refractivity contribution in [3.05, 3.63) is 123 Å². The number of rotatable bonds is 13. The van der Waals surface area contributed by atoms with Gasteiger partial charge in [0.05, 0.1) is 25.3 Å². The van der Waals surface area contributed by atoms with Gasteiger partial charge in [0.15, 0.2) is 29.8 Å². The lowest BCUT2D eigenvalue weighted by Crippen LogP contribution is -2.68. The van der Waals surface area contributed by atoms with Gasteiger partial charge in [-0.2, -0.15) is 5.26 Å². The molecule has 0 aromatic heterocycles. The Labute approximate surface area is 361 Å². The molecule has 11 nitrogen and oxygen atoms in total. The molecule has 1 fully saturated rings. The number of nitrogens with zero attached hydrogens (tertiary/aromatic N) is 3. The van der Waals surface area contributed by atoms with Crippen molar-refractivity contribution in [3.8, 4) is 45.9 Å². The van der Waals surface area contributed by atoms with Crippen LogP contribution in [0.2, 0.25) is 0 Å². The second-order valence-corrected chi connectivity index (χ2v) is 17.2. The minimum absolute atomic E-state index is 0.0280. The largest absolute Gasteiger partial charge is 0.493 e. The minimum Gasteiger partial charge on any atom is -0.493 e. The predicted octanol–water partition coefficient (Wildman–Crippen LogP) is 8.35. The molecule has 4 aromatic carbocycles. The molecule has 1 aliphatic carbocycles. The van der Waals surface area contributed by atoms with Gasteiger partial charge in [0.25, 0.3) is 0 Å². The van der Waals surface area contributed by atoms with E-state index in [-0.39, 0.29) is 50.8 Å². The third kappa shape index (κ3) is 6.74. The quantitative estimate of drug-likeness (QED) is 0.0559. The van der Waals surface area contributed by atoms with Crippen molar-refractivity contribution < 1.29 is 38.0 Å². The molecule has 0 spiro atoms. The molecule has 12 heteroatoms. The molecule has 0 N–H and O–H groups in total. The topological polar surface area (TPSA) is 112 Å². The summed E-state index contributed by atoms with van der Waals surface area (Å²) in [6.07, 6.45) is 2.83. The maximum atomic E-state index is 14.1. The van der Waals surface area contributed by atoms with Crippen molar-refractivity contribution in [3.63, 3.8) is 0 Å². The highest BCUT2D eigenvalue weighted by Crippen LogP contribution is 2.59. The van der Waals surface area contributed by atoms with Gasteiger partial charge >= 0.3 is 5.97 Å². The van der Waals surface area contributed by atoms with Crippen LogP contribution >= 0.6 is 11.8 Å². The number of piperazine rings is 1. The van der Waals surface area contributed by atoms with Gasteiger partial charge in [0.2, 0.25) is 6.79 Å². The number of methoxy groups -OCH3 is 2. The highest BCUT2D eigenvalue weighted by molar-refractivity contribution is 8.02. The van der Waals surface area contributed by atoms with E-state index in [4.69, 9.17) is 33.2 Å². The fourth-order valence-electron chi connectivity index (χ4n) is 10.6. The van der Waals surface area contributed by atoms with Crippen molar-refractivity contribution in [2.45, 2.75) is 69.7 Å². The molecule has 2 bridgehead atoms. The van der Waals surface area contributed by atoms with Crippen LogP contribution in [0.1, 0.15) is 69.4 Å². The van der Waals surface area contributed by atoms with Crippen LogP contribution in [-0.2, 0) is 27.1 Å². The van der Waals surface area contributed by atoms with Gasteiger partial charge in [-0.15, -0.1) is 11.8 Å². The predicted molar refractivity (Wildman–Crippen MR) is 234 cm³/mol. The van der Waals surface area contributed by atoms with E-state index in [0.717, 1.165) is 39.1 Å². The summed E-state index contributed by atoms with van der Waals surface area (Å²) in [5.41, 5.74) is 11.3. The van der Waals surface area contributed by atoms with Crippen LogP contribution in [0, 0.1) is 25.2 Å². The summed E-state index contributed by atoms with van der Waals surface area (Å²) in [6.45, 7) is 10.0. The smallest absolute Gasteiger partial charge is 0.334 e. The molecule has 61 heavy (non-hydrogen) atoms. The molecule has 0 amide bonds. The monoisotopic (exact) mass is 841 g/mol. The summed E-state index contributed by atoms with van der Waals surface area (Å²) >= 11 is 1.62. The zero-order valence-electron chi connectivity index (χ0n) is 35.5. The lowest BCUT2D eigenvalue weighted by molar-refractivity contribution is -0.144. The first-order valence-electron chi connectivity index (χ1n) is 20.8. The fourth-order valence-corrected chi connectivity index (χ4v) is 11.6. The third-order valence-electron chi connectivity index (χ3n) is 13.1. The Kier molecular flexibility index (Phi) is 11.3. The lowest BCUT2D eigenvalue weighted by Gasteiger charge is -2.60. The zero-order chi connectivity index (χ0) is 42.5. The van der Waals surface area contributed by atoms with Crippen LogP contribution in [-0.4, -0.2) is 87.7 Å². The van der Waals surface area contributed by atoms with Gasteiger partial charge < -0.3 is 33.2 Å². The van der Waals surface area contributed by atoms with E-state index in [9.17, 15) is 10.1 Å². The number of likely N-dealkylation sites (N-methyl/N-ethyl adjacent to an activating group) is 1. The van der Waals surface area contributed by atoms with Gasteiger partial charge in [-0.25, -0.2) is 4.79 Å². The van der Waals surface area contributed by atoms with Crippen molar-refractivity contribution in [2.75, 3.05) is 53.8 Å². The average Bonchev–Trinajstić information content (AvgIpc) is 3.88. The number of hydrogen-bond acceptors (Lipinski definition) is 12. The fraction of sp³-hybridized carbons (Fsp3) is 0.388. The zero-order valence-corrected chi connectivity index (χ0v) is 36.3. The maximum absolute atomic E-state index is 14.1. The molecule has 1 saturated heterocycles. The first-order valence-corrected chi connectivity index (χ1v) is 21.8. The molecule has 0 radical (unpaired) electrons. The summed E-state index contributed by atoms with van der Waals surface area (Å²) in [7, 11) is 5.34. The van der Waals surface area contributed by atoms with Crippen molar-refractivity contribution in [2.24, 2.45) is 0 Å². The molecule has 4 aliphatic heterocycles. The Morgan fingerprint density at radius 3 is 2.38 bits per heavy atom. The number of carbonyl (C=O) groups is 1. The van der Waals surface area contributed by atoms with Crippen LogP contribution in [0.25, 0.3) is 11.1 Å². The highest BCUT2D eigenvalue weighted by atomic mass is 32.2. The van der Waals surface area contributed by atoms with E-state index < -0.39 is 18.1 Å². The van der Waals surface area contributed by atoms with E-state index >= 15 is 0 Å². The number of aryl methyl sites for hydroxylation is 1. The standard InChI is InChI=1S/C49H51N3O8S/c1-8-17-56-45-29(4)46-48(60-26-59-46)42-35(45)20-38-43-41-30(18-27(2)44(55-7)47(41)58-25-54-6)19-37(51(43)5)39(21-50)52(38)40(42)22-57-49(53)28(3)23-61-24-36-33-15-11-9-13-31(33)32-14-10-12-16-34(32)36/h8-16,18,23,36-40,43H,1,17,19-20,22,24-26H2,2-7H3/b28-23-/t37-,38?,39+,40+,43-/m1/s1. The maximum Gasteiger partial charge on any atom is 0.334 e. The Balaban J connectivity index is 1.09. The highest BCUT2D eigenvalue weighted by Gasteiger charge is 2.57. The average molecular weight is 842 g/mol. The molecule has 0 saturated carbocycles. The van der Waals surface area contributed by atoms with Crippen LogP contribution in [0.3, 0.4) is 0 Å². The second-order valence-electron chi connectivity index (χ2n) is 16.3. The van der Waals surface area contributed by atoms with Crippen LogP contribution < -0.4 is 23.7 Å². The normalized spacial score (nSPS) is 22.2. The molecular formula is C49H51N3O8S. The summed E-state index contributed by atoms with van der Waals surface area (Å²) in [4.78, 5) is 18.6. The lowest BCUT2D eigenvalue weighted by atomic mass is 9.71. The summed E-state index contributed by atoms with van der Waals surface area (Å²) < 4.78 is 43.0. The molecule has 9 rings (SSSR count). The van der Waals surface area contributed by atoms with Crippen LogP contribution in [0.15, 0.2) is 78.2 Å². The Morgan fingerprint density at radius 2 is 1.69 bits per heavy atom. The Morgan fingerprint density at radius 1 is 0.967 bits per heavy atom. The Hall–Kier alpha value is -5.45. The number of carbonyl (C=O) groups excluding carboxylic acids is 1. The van der Waals surface area contributed by atoms with Crippen LogP contribution in [0.5, 0.6) is 28.7 Å². The summed E-state index contributed by atoms with van der Waals surface area (Å²) in [5.74, 6) is 3.73. The number of fused-ring (bicyclic) bond motifs is 12. The van der Waals surface area contributed by atoms with E-state index in [2.05, 4.69) is 84.1 Å². The second kappa shape index (κ2) is 16.8. The van der Waals surface area contributed by atoms with Gasteiger partial charge in [0, 0.05) is 58.7 Å². The number of esters is 1. The van der Waals surface area contributed by atoms with E-state index in [0.29, 0.717) is 47.2 Å². The molecule has 316 valence electrons. The molecule has 1 unspecified atom stereocenters. The van der Waals surface area contributed by atoms with Gasteiger partial charge in [0.1, 0.15) is 25.0 Å². The van der Waals surface area contributed by atoms with Crippen molar-refractivity contribution >= 4 is 17.7 Å². The number of hydrogen-bond donors (Lipinski definition) is 0. The summed E-state index contributed by atoms with van der Waals surface area (Å²) in [5, 5.41) is 13.1. The number of thioether (sulfide) groups is 1. The molecule has 5 atom stereocenters. The Bertz CT molecular complexity index is 2430. The first kappa shape index (κ1) is 40.9. The number of nitriles is 1. The van der Waals surface area contributed by atoms with Crippen molar-refractivity contribution in [1.29, 1.82) is 5.26 Å². The first-order chi connectivity index (χ1) is 29.7. The van der Waals surface area contributed by atoms with Crippen LogP contribution in [0.4, 0.5) is 0 Å². The third-order valence-corrected chi connectivity index (χ3v) is 14.1.